The van der Waals surface area contributed by atoms with Crippen molar-refractivity contribution in [2.75, 3.05) is 13.1 Å². The van der Waals surface area contributed by atoms with Gasteiger partial charge in [-0.2, -0.15) is 0 Å². The Balaban J connectivity index is 1.18. The summed E-state index contributed by atoms with van der Waals surface area (Å²) in [5, 5.41) is 0. The minimum atomic E-state index is -0.924. The van der Waals surface area contributed by atoms with Gasteiger partial charge in [0.25, 0.3) is 0 Å². The van der Waals surface area contributed by atoms with E-state index in [2.05, 4.69) is 15.0 Å². The molecule has 0 saturated carbocycles. The summed E-state index contributed by atoms with van der Waals surface area (Å²) in [4.78, 5) is 39.1. The maximum Gasteiger partial charge on any atom is 0.410 e. The number of piperidine rings is 1. The zero-order valence-electron chi connectivity index (χ0n) is 21.1. The number of rotatable bonds is 3. The van der Waals surface area contributed by atoms with E-state index in [1.807, 2.05) is 6.07 Å². The number of ether oxygens (including phenoxy) is 1. The number of aromatic amines is 1. The molecule has 9 nitrogen and oxygen atoms in total. The Kier molecular flexibility index (Phi) is 6.59. The first-order valence-electron chi connectivity index (χ1n) is 13.1. The van der Waals surface area contributed by atoms with Crippen molar-refractivity contribution in [3.05, 3.63) is 93.8 Å². The summed E-state index contributed by atoms with van der Waals surface area (Å²) < 4.78 is 36.3. The van der Waals surface area contributed by atoms with Crippen molar-refractivity contribution in [2.24, 2.45) is 5.73 Å². The minimum absolute atomic E-state index is 0.0922. The third-order valence-electron chi connectivity index (χ3n) is 7.90. The van der Waals surface area contributed by atoms with Gasteiger partial charge in [-0.3, -0.25) is 9.55 Å². The molecule has 3 N–H and O–H groups in total. The molecular weight excluding hydrogens is 506 g/mol. The molecule has 0 bridgehead atoms. The van der Waals surface area contributed by atoms with Crippen LogP contribution in [0, 0.1) is 11.6 Å². The van der Waals surface area contributed by atoms with Crippen LogP contribution in [0.2, 0.25) is 0 Å². The first-order valence-corrected chi connectivity index (χ1v) is 13.1. The second-order valence-electron chi connectivity index (χ2n) is 10.1. The van der Waals surface area contributed by atoms with Crippen LogP contribution in [-0.4, -0.2) is 43.6 Å². The molecule has 0 unspecified atom stereocenters. The molecule has 202 valence electrons. The number of nitrogens with two attached hydrogens (primary N) is 1. The summed E-state index contributed by atoms with van der Waals surface area (Å²) >= 11 is 0. The van der Waals surface area contributed by atoms with Gasteiger partial charge in [0.15, 0.2) is 17.3 Å². The number of imidazole rings is 1. The Bertz CT molecular complexity index is 1580. The van der Waals surface area contributed by atoms with Crippen LogP contribution in [0.4, 0.5) is 13.6 Å². The molecule has 39 heavy (non-hydrogen) atoms. The van der Waals surface area contributed by atoms with Gasteiger partial charge in [0.05, 0.1) is 11.2 Å². The van der Waals surface area contributed by atoms with Crippen molar-refractivity contribution < 1.29 is 18.3 Å². The number of aromatic nitrogens is 4. The molecule has 1 fully saturated rings. The maximum atomic E-state index is 14.7. The molecule has 11 heteroatoms. The van der Waals surface area contributed by atoms with E-state index in [0.29, 0.717) is 61.2 Å². The minimum Gasteiger partial charge on any atom is -0.440 e. The lowest BCUT2D eigenvalue weighted by Crippen LogP contribution is -2.41. The van der Waals surface area contributed by atoms with Gasteiger partial charge >= 0.3 is 11.8 Å². The van der Waals surface area contributed by atoms with Crippen molar-refractivity contribution in [2.45, 2.75) is 49.8 Å². The highest BCUT2D eigenvalue weighted by molar-refractivity contribution is 5.70. The first kappa shape index (κ1) is 25.2. The first-order chi connectivity index (χ1) is 18.9. The number of pyridine rings is 2. The van der Waals surface area contributed by atoms with Crippen LogP contribution in [0.3, 0.4) is 0 Å². The smallest absolute Gasteiger partial charge is 0.410 e. The molecule has 6 rings (SSSR count). The fourth-order valence-electron chi connectivity index (χ4n) is 5.92. The number of nitrogens with one attached hydrogen (secondary N) is 1. The molecular formula is C28H28F2N6O3. The quantitative estimate of drug-likeness (QED) is 0.374. The number of hydrogen-bond acceptors (Lipinski definition) is 6. The molecule has 4 aromatic rings. The summed E-state index contributed by atoms with van der Waals surface area (Å²) in [6, 6.07) is 10.5. The SMILES string of the molecule is N[C@H]1c2cccnc2[C@H](OC(=O)N2CCC(n3c(=O)[nH]c4cccnc43)CC2)CC[C@H]1c1cccc(F)c1F. The largest absolute Gasteiger partial charge is 0.440 e. The van der Waals surface area contributed by atoms with Crippen LogP contribution in [0.15, 0.2) is 59.7 Å². The standard InChI is InChI=1S/C28H28F2N6O3/c29-20-6-1-4-17(23(20)30)18-8-9-22(25-19(24(18)31)5-2-12-32-25)39-28(38)35-14-10-16(11-15-35)36-26-21(34-27(36)37)7-3-13-33-26/h1-7,12-13,16,18,22,24H,8-11,14-15,31H2,(H,34,37)/t18-,22+,24+/m0/s1. The predicted molar refractivity (Wildman–Crippen MR) is 139 cm³/mol. The predicted octanol–water partition coefficient (Wildman–Crippen LogP) is 4.49. The van der Waals surface area contributed by atoms with Gasteiger partial charge in [0.1, 0.15) is 6.10 Å². The number of carbonyl (C=O) groups excluding carboxylic acids is 1. The number of hydrogen-bond donors (Lipinski definition) is 2. The van der Waals surface area contributed by atoms with Crippen LogP contribution in [0.25, 0.3) is 11.2 Å². The fraction of sp³-hybridized carbons (Fsp3) is 0.357. The molecule has 1 saturated heterocycles. The molecule has 1 aromatic carbocycles. The number of halogens is 2. The summed E-state index contributed by atoms with van der Waals surface area (Å²) in [7, 11) is 0. The van der Waals surface area contributed by atoms with Gasteiger partial charge in [-0.15, -0.1) is 0 Å². The highest BCUT2D eigenvalue weighted by Crippen LogP contribution is 2.43. The van der Waals surface area contributed by atoms with Crippen molar-refractivity contribution in [3.63, 3.8) is 0 Å². The normalized spacial score (nSPS) is 21.9. The summed E-state index contributed by atoms with van der Waals surface area (Å²) in [5.41, 5.74) is 9.02. The van der Waals surface area contributed by atoms with Crippen LogP contribution in [0.1, 0.15) is 66.6 Å². The number of H-pyrrole nitrogens is 1. The molecule has 0 spiro atoms. The number of fused-ring (bicyclic) bond motifs is 2. The lowest BCUT2D eigenvalue weighted by atomic mass is 9.86. The Morgan fingerprint density at radius 1 is 0.974 bits per heavy atom. The molecule has 2 aliphatic rings. The lowest BCUT2D eigenvalue weighted by Gasteiger charge is -2.32. The van der Waals surface area contributed by atoms with E-state index >= 15 is 0 Å². The number of benzene rings is 1. The number of likely N-dealkylation sites (tertiary alicyclic amines) is 1. The van der Waals surface area contributed by atoms with E-state index in [1.165, 1.54) is 6.07 Å². The van der Waals surface area contributed by atoms with E-state index in [-0.39, 0.29) is 17.3 Å². The molecule has 1 amide bonds. The van der Waals surface area contributed by atoms with Crippen molar-refractivity contribution in [3.8, 4) is 0 Å². The van der Waals surface area contributed by atoms with E-state index in [1.54, 1.807) is 46.1 Å². The highest BCUT2D eigenvalue weighted by Gasteiger charge is 2.36. The molecule has 1 aliphatic carbocycles. The Hall–Kier alpha value is -4.12. The van der Waals surface area contributed by atoms with Crippen molar-refractivity contribution in [1.29, 1.82) is 0 Å². The fourth-order valence-corrected chi connectivity index (χ4v) is 5.92. The van der Waals surface area contributed by atoms with Gasteiger partial charge in [-0.05, 0) is 61.1 Å². The molecule has 0 radical (unpaired) electrons. The average molecular weight is 535 g/mol. The summed E-state index contributed by atoms with van der Waals surface area (Å²) in [6.45, 7) is 0.821. The van der Waals surface area contributed by atoms with Gasteiger partial charge in [0, 0.05) is 43.5 Å². The molecule has 1 aliphatic heterocycles. The van der Waals surface area contributed by atoms with Crippen LogP contribution >= 0.6 is 0 Å². The van der Waals surface area contributed by atoms with Crippen molar-refractivity contribution in [1.82, 2.24) is 24.4 Å². The Morgan fingerprint density at radius 3 is 2.54 bits per heavy atom. The Morgan fingerprint density at radius 2 is 1.72 bits per heavy atom. The van der Waals surface area contributed by atoms with E-state index in [9.17, 15) is 18.4 Å². The third-order valence-corrected chi connectivity index (χ3v) is 7.90. The number of amides is 1. The lowest BCUT2D eigenvalue weighted by molar-refractivity contribution is 0.0472. The van der Waals surface area contributed by atoms with Crippen LogP contribution in [0.5, 0.6) is 0 Å². The average Bonchev–Trinajstić information content (AvgIpc) is 3.23. The topological polar surface area (TPSA) is 119 Å². The van der Waals surface area contributed by atoms with Crippen LogP contribution in [-0.2, 0) is 4.74 Å². The van der Waals surface area contributed by atoms with Gasteiger partial charge in [0.2, 0.25) is 0 Å². The van der Waals surface area contributed by atoms with E-state index < -0.39 is 35.8 Å². The summed E-state index contributed by atoms with van der Waals surface area (Å²) in [5.74, 6) is -2.34. The van der Waals surface area contributed by atoms with Gasteiger partial charge < -0.3 is 20.4 Å². The van der Waals surface area contributed by atoms with Gasteiger partial charge in [-0.1, -0.05) is 18.2 Å². The van der Waals surface area contributed by atoms with Crippen molar-refractivity contribution >= 4 is 17.3 Å². The van der Waals surface area contributed by atoms with E-state index in [4.69, 9.17) is 10.5 Å². The highest BCUT2D eigenvalue weighted by atomic mass is 19.2. The monoisotopic (exact) mass is 534 g/mol. The molecule has 3 atom stereocenters. The second kappa shape index (κ2) is 10.2. The summed E-state index contributed by atoms with van der Waals surface area (Å²) in [6.07, 6.45) is 3.98. The Labute approximate surface area is 222 Å². The molecule has 3 aromatic heterocycles. The zero-order chi connectivity index (χ0) is 27.1. The maximum absolute atomic E-state index is 14.7. The zero-order valence-corrected chi connectivity index (χ0v) is 21.1. The van der Waals surface area contributed by atoms with Crippen LogP contribution < -0.4 is 11.4 Å². The number of carbonyl (C=O) groups is 1. The third kappa shape index (κ3) is 4.56. The van der Waals surface area contributed by atoms with Gasteiger partial charge in [-0.25, -0.2) is 23.4 Å². The number of nitrogens with zero attached hydrogens (tertiary/aromatic N) is 4. The van der Waals surface area contributed by atoms with E-state index in [0.717, 1.165) is 6.07 Å². The molecule has 4 heterocycles. The second-order valence-corrected chi connectivity index (χ2v) is 10.1.